The number of rotatable bonds is 4. The Morgan fingerprint density at radius 2 is 1.89 bits per heavy atom. The monoisotopic (exact) mass is 345 g/mol. The summed E-state index contributed by atoms with van der Waals surface area (Å²) in [6.07, 6.45) is 0. The number of thiophene rings is 1. The summed E-state index contributed by atoms with van der Waals surface area (Å²) in [5, 5.41) is 1.96. The van der Waals surface area contributed by atoms with Crippen LogP contribution in [-0.2, 0) is 16.6 Å². The molecule has 0 spiro atoms. The largest absolute Gasteiger partial charge is 0.240 e. The first kappa shape index (κ1) is 13.7. The van der Waals surface area contributed by atoms with Gasteiger partial charge in [-0.05, 0) is 48.2 Å². The van der Waals surface area contributed by atoms with Crippen LogP contribution in [0.5, 0.6) is 0 Å². The van der Waals surface area contributed by atoms with Crippen molar-refractivity contribution in [1.29, 1.82) is 0 Å². The molecule has 0 amide bonds. The SMILES string of the molecule is Cc1ccsc1CNS(=O)(=O)c1ccc(Br)cc1. The Bertz CT molecular complexity index is 632. The van der Waals surface area contributed by atoms with Gasteiger partial charge in [-0.25, -0.2) is 13.1 Å². The molecule has 96 valence electrons. The Balaban J connectivity index is 2.13. The Labute approximate surface area is 119 Å². The van der Waals surface area contributed by atoms with E-state index in [0.29, 0.717) is 6.54 Å². The van der Waals surface area contributed by atoms with E-state index in [9.17, 15) is 8.42 Å². The molecule has 6 heteroatoms. The van der Waals surface area contributed by atoms with Crippen molar-refractivity contribution in [3.63, 3.8) is 0 Å². The lowest BCUT2D eigenvalue weighted by molar-refractivity contribution is 0.581. The lowest BCUT2D eigenvalue weighted by Gasteiger charge is -2.06. The van der Waals surface area contributed by atoms with Crippen LogP contribution in [-0.4, -0.2) is 8.42 Å². The highest BCUT2D eigenvalue weighted by Gasteiger charge is 2.14. The van der Waals surface area contributed by atoms with Crippen LogP contribution in [0.2, 0.25) is 0 Å². The average molecular weight is 346 g/mol. The fourth-order valence-corrected chi connectivity index (χ4v) is 3.64. The molecule has 1 aromatic heterocycles. The highest BCUT2D eigenvalue weighted by atomic mass is 79.9. The van der Waals surface area contributed by atoms with E-state index in [2.05, 4.69) is 20.7 Å². The van der Waals surface area contributed by atoms with E-state index in [1.165, 1.54) is 0 Å². The molecular weight excluding hydrogens is 334 g/mol. The van der Waals surface area contributed by atoms with Gasteiger partial charge in [-0.3, -0.25) is 0 Å². The van der Waals surface area contributed by atoms with Crippen molar-refractivity contribution >= 4 is 37.3 Å². The van der Waals surface area contributed by atoms with Crippen LogP contribution in [0.15, 0.2) is 45.1 Å². The molecule has 3 nitrogen and oxygen atoms in total. The number of aryl methyl sites for hydroxylation is 1. The molecular formula is C12H12BrNO2S2. The standard InChI is InChI=1S/C12H12BrNO2S2/c1-9-6-7-17-12(9)8-14-18(15,16)11-4-2-10(13)3-5-11/h2-7,14H,8H2,1H3. The minimum atomic E-state index is -3.43. The predicted octanol–water partition coefficient (Wildman–Crippen LogP) is 3.30. The molecule has 2 aromatic rings. The molecule has 0 aliphatic carbocycles. The topological polar surface area (TPSA) is 46.2 Å². The van der Waals surface area contributed by atoms with E-state index in [-0.39, 0.29) is 4.90 Å². The van der Waals surface area contributed by atoms with Gasteiger partial charge in [-0.1, -0.05) is 15.9 Å². The number of hydrogen-bond acceptors (Lipinski definition) is 3. The zero-order valence-electron chi connectivity index (χ0n) is 9.68. The van der Waals surface area contributed by atoms with Crippen LogP contribution in [0.1, 0.15) is 10.4 Å². The van der Waals surface area contributed by atoms with Gasteiger partial charge < -0.3 is 0 Å². The maximum absolute atomic E-state index is 12.0. The smallest absolute Gasteiger partial charge is 0.207 e. The van der Waals surface area contributed by atoms with Crippen molar-refractivity contribution < 1.29 is 8.42 Å². The first-order chi connectivity index (χ1) is 8.49. The fraction of sp³-hybridized carbons (Fsp3) is 0.167. The molecule has 1 N–H and O–H groups in total. The summed E-state index contributed by atoms with van der Waals surface area (Å²) >= 11 is 4.83. The lowest BCUT2D eigenvalue weighted by atomic mass is 10.3. The Morgan fingerprint density at radius 3 is 2.44 bits per heavy atom. The summed E-state index contributed by atoms with van der Waals surface area (Å²) in [6.45, 7) is 2.31. The van der Waals surface area contributed by atoms with Gasteiger partial charge in [-0.2, -0.15) is 0 Å². The molecule has 0 aliphatic rings. The summed E-state index contributed by atoms with van der Waals surface area (Å²) in [6, 6.07) is 8.56. The van der Waals surface area contributed by atoms with E-state index in [0.717, 1.165) is 14.9 Å². The second-order valence-corrected chi connectivity index (χ2v) is 7.49. The molecule has 0 saturated heterocycles. The van der Waals surface area contributed by atoms with Crippen LogP contribution in [0.3, 0.4) is 0 Å². The molecule has 0 saturated carbocycles. The average Bonchev–Trinajstić information content (AvgIpc) is 2.73. The maximum Gasteiger partial charge on any atom is 0.240 e. The third-order valence-electron chi connectivity index (χ3n) is 2.51. The van der Waals surface area contributed by atoms with Gasteiger partial charge >= 0.3 is 0 Å². The van der Waals surface area contributed by atoms with Gasteiger partial charge in [0.1, 0.15) is 0 Å². The quantitative estimate of drug-likeness (QED) is 0.923. The maximum atomic E-state index is 12.0. The summed E-state index contributed by atoms with van der Waals surface area (Å²) < 4.78 is 27.5. The van der Waals surface area contributed by atoms with Crippen LogP contribution in [0, 0.1) is 6.92 Å². The van der Waals surface area contributed by atoms with Crippen molar-refractivity contribution in [1.82, 2.24) is 4.72 Å². The van der Waals surface area contributed by atoms with Gasteiger partial charge in [-0.15, -0.1) is 11.3 Å². The van der Waals surface area contributed by atoms with Crippen molar-refractivity contribution in [2.24, 2.45) is 0 Å². The van der Waals surface area contributed by atoms with Crippen LogP contribution in [0.25, 0.3) is 0 Å². The third kappa shape index (κ3) is 3.20. The number of sulfonamides is 1. The fourth-order valence-electron chi connectivity index (χ4n) is 1.44. The second kappa shape index (κ2) is 5.52. The van der Waals surface area contributed by atoms with Gasteiger partial charge in [0.25, 0.3) is 0 Å². The van der Waals surface area contributed by atoms with E-state index in [1.54, 1.807) is 35.6 Å². The van der Waals surface area contributed by atoms with Crippen LogP contribution in [0.4, 0.5) is 0 Å². The summed E-state index contributed by atoms with van der Waals surface area (Å²) in [4.78, 5) is 1.32. The minimum Gasteiger partial charge on any atom is -0.207 e. The van der Waals surface area contributed by atoms with Gasteiger partial charge in [0, 0.05) is 15.9 Å². The Morgan fingerprint density at radius 1 is 1.22 bits per heavy atom. The lowest BCUT2D eigenvalue weighted by Crippen LogP contribution is -2.23. The van der Waals surface area contributed by atoms with E-state index < -0.39 is 10.0 Å². The molecule has 0 atom stereocenters. The zero-order valence-corrected chi connectivity index (χ0v) is 12.9. The molecule has 0 fully saturated rings. The van der Waals surface area contributed by atoms with Gasteiger partial charge in [0.05, 0.1) is 4.90 Å². The second-order valence-electron chi connectivity index (χ2n) is 3.81. The van der Waals surface area contributed by atoms with Crippen molar-refractivity contribution in [3.8, 4) is 0 Å². The number of nitrogens with one attached hydrogen (secondary N) is 1. The third-order valence-corrected chi connectivity index (χ3v) is 5.48. The van der Waals surface area contributed by atoms with E-state index in [4.69, 9.17) is 0 Å². The first-order valence-corrected chi connectivity index (χ1v) is 8.43. The van der Waals surface area contributed by atoms with Gasteiger partial charge in [0.15, 0.2) is 0 Å². The molecule has 0 unspecified atom stereocenters. The highest BCUT2D eigenvalue weighted by Crippen LogP contribution is 2.18. The van der Waals surface area contributed by atoms with Gasteiger partial charge in [0.2, 0.25) is 10.0 Å². The van der Waals surface area contributed by atoms with E-state index >= 15 is 0 Å². The number of benzene rings is 1. The molecule has 0 radical (unpaired) electrons. The highest BCUT2D eigenvalue weighted by molar-refractivity contribution is 9.10. The molecule has 2 rings (SSSR count). The summed E-state index contributed by atoms with van der Waals surface area (Å²) in [7, 11) is -3.43. The van der Waals surface area contributed by atoms with Crippen molar-refractivity contribution in [2.75, 3.05) is 0 Å². The summed E-state index contributed by atoms with van der Waals surface area (Å²) in [5.74, 6) is 0. The van der Waals surface area contributed by atoms with Crippen molar-refractivity contribution in [2.45, 2.75) is 18.4 Å². The number of halogens is 1. The molecule has 18 heavy (non-hydrogen) atoms. The Kier molecular flexibility index (Phi) is 4.21. The predicted molar refractivity (Wildman–Crippen MR) is 77.2 cm³/mol. The normalized spacial score (nSPS) is 11.7. The van der Waals surface area contributed by atoms with Crippen LogP contribution >= 0.6 is 27.3 Å². The zero-order chi connectivity index (χ0) is 13.2. The van der Waals surface area contributed by atoms with E-state index in [1.807, 2.05) is 18.4 Å². The molecule has 1 aromatic carbocycles. The Hall–Kier alpha value is -0.690. The minimum absolute atomic E-state index is 0.278. The van der Waals surface area contributed by atoms with Crippen molar-refractivity contribution in [3.05, 3.63) is 50.6 Å². The molecule has 0 bridgehead atoms. The first-order valence-electron chi connectivity index (χ1n) is 5.27. The molecule has 1 heterocycles. The van der Waals surface area contributed by atoms with Crippen LogP contribution < -0.4 is 4.72 Å². The molecule has 0 aliphatic heterocycles. The number of hydrogen-bond donors (Lipinski definition) is 1. The summed E-state index contributed by atoms with van der Waals surface area (Å²) in [5.41, 5.74) is 1.11.